The topological polar surface area (TPSA) is 69.7 Å². The summed E-state index contributed by atoms with van der Waals surface area (Å²) in [5.74, 6) is -1.05. The van der Waals surface area contributed by atoms with Crippen LogP contribution in [0.1, 0.15) is 10.4 Å². The first-order chi connectivity index (χ1) is 12.4. The number of halogens is 2. The van der Waals surface area contributed by atoms with E-state index in [1.165, 1.54) is 15.9 Å². The third-order valence-corrected chi connectivity index (χ3v) is 4.50. The van der Waals surface area contributed by atoms with Gasteiger partial charge in [-0.2, -0.15) is 0 Å². The van der Waals surface area contributed by atoms with Gasteiger partial charge in [-0.1, -0.05) is 35.3 Å². The van der Waals surface area contributed by atoms with E-state index in [1.54, 1.807) is 43.4 Å². The van der Waals surface area contributed by atoms with Gasteiger partial charge in [-0.05, 0) is 30.3 Å². The van der Waals surface area contributed by atoms with E-state index in [4.69, 9.17) is 23.2 Å². The molecule has 1 aliphatic rings. The Morgan fingerprint density at radius 1 is 1.15 bits per heavy atom. The molecule has 0 aromatic heterocycles. The van der Waals surface area contributed by atoms with Crippen molar-refractivity contribution in [1.29, 1.82) is 0 Å². The Bertz CT molecular complexity index is 901. The van der Waals surface area contributed by atoms with Crippen LogP contribution >= 0.6 is 23.2 Å². The molecule has 1 heterocycles. The molecule has 26 heavy (non-hydrogen) atoms. The van der Waals surface area contributed by atoms with Crippen LogP contribution in [0.5, 0.6) is 0 Å². The second-order valence-electron chi connectivity index (χ2n) is 5.83. The van der Waals surface area contributed by atoms with Gasteiger partial charge in [0.1, 0.15) is 13.1 Å². The normalized spacial score (nSPS) is 14.1. The highest BCUT2D eigenvalue weighted by Gasteiger charge is 2.30. The maximum absolute atomic E-state index is 12.5. The van der Waals surface area contributed by atoms with E-state index in [-0.39, 0.29) is 24.9 Å². The van der Waals surface area contributed by atoms with E-state index in [1.807, 2.05) is 0 Å². The first kappa shape index (κ1) is 18.2. The maximum atomic E-state index is 12.5. The molecule has 0 atom stereocenters. The summed E-state index contributed by atoms with van der Waals surface area (Å²) < 4.78 is 0. The third kappa shape index (κ3) is 3.66. The van der Waals surface area contributed by atoms with E-state index in [2.05, 4.69) is 5.32 Å². The predicted octanol–water partition coefficient (Wildman–Crippen LogP) is 3.05. The van der Waals surface area contributed by atoms with Gasteiger partial charge in [0.25, 0.3) is 5.91 Å². The van der Waals surface area contributed by atoms with Gasteiger partial charge >= 0.3 is 0 Å². The van der Waals surface area contributed by atoms with Gasteiger partial charge in [0.2, 0.25) is 11.8 Å². The lowest BCUT2D eigenvalue weighted by atomic mass is 10.1. The molecule has 0 radical (unpaired) electrons. The Morgan fingerprint density at radius 2 is 1.88 bits per heavy atom. The van der Waals surface area contributed by atoms with Crippen molar-refractivity contribution in [2.45, 2.75) is 0 Å². The number of anilines is 2. The fraction of sp³-hybridized carbons (Fsp3) is 0.167. The first-order valence-electron chi connectivity index (χ1n) is 7.76. The van der Waals surface area contributed by atoms with E-state index < -0.39 is 5.91 Å². The number of likely N-dealkylation sites (N-methyl/N-ethyl adjacent to an activating group) is 1. The summed E-state index contributed by atoms with van der Waals surface area (Å²) in [6.07, 6.45) is 0. The molecule has 0 saturated heterocycles. The largest absolute Gasteiger partial charge is 0.332 e. The van der Waals surface area contributed by atoms with Crippen LogP contribution in [0.3, 0.4) is 0 Å². The highest BCUT2D eigenvalue weighted by molar-refractivity contribution is 6.36. The Labute approximate surface area is 160 Å². The molecule has 1 N–H and O–H groups in total. The van der Waals surface area contributed by atoms with Gasteiger partial charge in [0, 0.05) is 12.1 Å². The van der Waals surface area contributed by atoms with Crippen LogP contribution in [0.15, 0.2) is 42.5 Å². The van der Waals surface area contributed by atoms with Crippen molar-refractivity contribution in [3.8, 4) is 0 Å². The van der Waals surface area contributed by atoms with E-state index >= 15 is 0 Å². The number of hydrogen-bond acceptors (Lipinski definition) is 3. The maximum Gasteiger partial charge on any atom is 0.256 e. The number of fused-ring (bicyclic) bond motifs is 1. The summed E-state index contributed by atoms with van der Waals surface area (Å²) >= 11 is 11.9. The lowest BCUT2D eigenvalue weighted by molar-refractivity contribution is -0.121. The fourth-order valence-corrected chi connectivity index (χ4v) is 3.14. The average molecular weight is 392 g/mol. The second-order valence-corrected chi connectivity index (χ2v) is 6.67. The zero-order valence-corrected chi connectivity index (χ0v) is 15.3. The number of carbonyl (C=O) groups excluding carboxylic acids is 3. The second kappa shape index (κ2) is 7.35. The van der Waals surface area contributed by atoms with Crippen molar-refractivity contribution in [3.05, 3.63) is 58.1 Å². The molecule has 0 saturated carbocycles. The number of nitrogens with one attached hydrogen (secondary N) is 1. The number of hydrogen-bond donors (Lipinski definition) is 1. The van der Waals surface area contributed by atoms with Crippen LogP contribution < -0.4 is 10.2 Å². The molecular weight excluding hydrogens is 377 g/mol. The molecule has 1 aliphatic heterocycles. The number of rotatable bonds is 3. The van der Waals surface area contributed by atoms with Gasteiger partial charge in [-0.3, -0.25) is 14.4 Å². The third-order valence-electron chi connectivity index (χ3n) is 3.95. The minimum Gasteiger partial charge on any atom is -0.332 e. The van der Waals surface area contributed by atoms with Crippen molar-refractivity contribution in [2.75, 3.05) is 30.4 Å². The Morgan fingerprint density at radius 3 is 2.62 bits per heavy atom. The predicted molar refractivity (Wildman–Crippen MR) is 101 cm³/mol. The Kier molecular flexibility index (Phi) is 5.15. The van der Waals surface area contributed by atoms with Crippen molar-refractivity contribution in [1.82, 2.24) is 4.90 Å². The van der Waals surface area contributed by atoms with E-state index in [0.717, 1.165) is 0 Å². The van der Waals surface area contributed by atoms with Crippen molar-refractivity contribution >= 4 is 52.3 Å². The van der Waals surface area contributed by atoms with Crippen molar-refractivity contribution in [3.63, 3.8) is 0 Å². The SMILES string of the molecule is CN1CC(=O)N(CC(=O)Nc2ccc(Cl)cc2Cl)c2ccccc2C1=O. The molecule has 8 heteroatoms. The summed E-state index contributed by atoms with van der Waals surface area (Å²) in [5, 5.41) is 3.40. The molecule has 2 aromatic rings. The average Bonchev–Trinajstić information content (AvgIpc) is 2.68. The number of amides is 3. The smallest absolute Gasteiger partial charge is 0.256 e. The summed E-state index contributed by atoms with van der Waals surface area (Å²) in [5.41, 5.74) is 1.17. The summed E-state index contributed by atoms with van der Waals surface area (Å²) in [6, 6.07) is 11.4. The lowest BCUT2D eigenvalue weighted by Gasteiger charge is -2.21. The molecule has 0 unspecified atom stereocenters. The molecule has 0 fully saturated rings. The Balaban J connectivity index is 1.85. The summed E-state index contributed by atoms with van der Waals surface area (Å²) in [4.78, 5) is 40.0. The van der Waals surface area contributed by atoms with Crippen molar-refractivity contribution in [2.24, 2.45) is 0 Å². The molecule has 3 rings (SSSR count). The van der Waals surface area contributed by atoms with Gasteiger partial charge in [0.15, 0.2) is 0 Å². The molecule has 2 aromatic carbocycles. The number of para-hydroxylation sites is 1. The lowest BCUT2D eigenvalue weighted by Crippen LogP contribution is -2.41. The summed E-state index contributed by atoms with van der Waals surface area (Å²) in [7, 11) is 1.55. The number of benzene rings is 2. The zero-order valence-electron chi connectivity index (χ0n) is 13.8. The molecule has 3 amide bonds. The van der Waals surface area contributed by atoms with Crippen LogP contribution in [0.2, 0.25) is 10.0 Å². The van der Waals surface area contributed by atoms with Gasteiger partial charge in [-0.15, -0.1) is 0 Å². The highest BCUT2D eigenvalue weighted by Crippen LogP contribution is 2.27. The minimum absolute atomic E-state index is 0.109. The Hall–Kier alpha value is -2.57. The van der Waals surface area contributed by atoms with Crippen molar-refractivity contribution < 1.29 is 14.4 Å². The van der Waals surface area contributed by atoms with Crippen LogP contribution in [0, 0.1) is 0 Å². The van der Waals surface area contributed by atoms with Gasteiger partial charge in [0.05, 0.1) is 22.0 Å². The van der Waals surface area contributed by atoms with Crippen LogP contribution in [0.4, 0.5) is 11.4 Å². The standard InChI is InChI=1S/C18H15Cl2N3O3/c1-22-10-17(25)23(15-5-3-2-4-12(15)18(22)26)9-16(24)21-14-7-6-11(19)8-13(14)20/h2-8H,9-10H2,1H3,(H,21,24). The van der Waals surface area contributed by atoms with E-state index in [9.17, 15) is 14.4 Å². The van der Waals surface area contributed by atoms with Crippen LogP contribution in [0.25, 0.3) is 0 Å². The molecule has 0 aliphatic carbocycles. The van der Waals surface area contributed by atoms with E-state index in [0.29, 0.717) is 27.0 Å². The van der Waals surface area contributed by atoms with Gasteiger partial charge < -0.3 is 15.1 Å². The monoisotopic (exact) mass is 391 g/mol. The quantitative estimate of drug-likeness (QED) is 0.873. The number of carbonyl (C=O) groups is 3. The van der Waals surface area contributed by atoms with Crippen LogP contribution in [-0.4, -0.2) is 42.8 Å². The molecule has 0 spiro atoms. The molecular formula is C18H15Cl2N3O3. The first-order valence-corrected chi connectivity index (χ1v) is 8.52. The number of nitrogens with zero attached hydrogens (tertiary/aromatic N) is 2. The molecule has 6 nitrogen and oxygen atoms in total. The summed E-state index contributed by atoms with van der Waals surface area (Å²) in [6.45, 7) is -0.349. The zero-order chi connectivity index (χ0) is 18.8. The fourth-order valence-electron chi connectivity index (χ4n) is 2.69. The molecule has 134 valence electrons. The minimum atomic E-state index is -0.436. The highest BCUT2D eigenvalue weighted by atomic mass is 35.5. The van der Waals surface area contributed by atoms with Crippen LogP contribution in [-0.2, 0) is 9.59 Å². The molecule has 0 bridgehead atoms. The van der Waals surface area contributed by atoms with Gasteiger partial charge in [-0.25, -0.2) is 0 Å².